The van der Waals surface area contributed by atoms with Gasteiger partial charge >= 0.3 is 0 Å². The van der Waals surface area contributed by atoms with E-state index >= 15 is 0 Å². The van der Waals surface area contributed by atoms with E-state index in [1.807, 2.05) is 0 Å². The lowest BCUT2D eigenvalue weighted by molar-refractivity contribution is 0.0985. The Kier molecular flexibility index (Phi) is 4.78. The summed E-state index contributed by atoms with van der Waals surface area (Å²) in [6.45, 7) is 0. The summed E-state index contributed by atoms with van der Waals surface area (Å²) in [7, 11) is 0. The number of halogens is 5. The third-order valence-corrected chi connectivity index (χ3v) is 3.71. The Morgan fingerprint density at radius 2 is 1.70 bits per heavy atom. The Hall–Kier alpha value is -0.970. The van der Waals surface area contributed by atoms with E-state index < -0.39 is 23.0 Å². The average molecular weight is 380 g/mol. The third-order valence-electron chi connectivity index (χ3n) is 2.64. The van der Waals surface area contributed by atoms with Crippen LogP contribution >= 0.6 is 39.1 Å². The van der Waals surface area contributed by atoms with Crippen molar-refractivity contribution in [1.82, 2.24) is 0 Å². The zero-order valence-corrected chi connectivity index (χ0v) is 13.0. The molecule has 0 radical (unpaired) electrons. The van der Waals surface area contributed by atoms with Crippen molar-refractivity contribution in [1.29, 1.82) is 0 Å². The molecule has 2 aromatic carbocycles. The van der Waals surface area contributed by atoms with Gasteiger partial charge in [0.1, 0.15) is 11.6 Å². The van der Waals surface area contributed by atoms with E-state index in [0.29, 0.717) is 15.6 Å². The van der Waals surface area contributed by atoms with E-state index in [-0.39, 0.29) is 10.9 Å². The van der Waals surface area contributed by atoms with E-state index in [1.54, 1.807) is 6.07 Å². The van der Waals surface area contributed by atoms with Crippen LogP contribution in [0.25, 0.3) is 0 Å². The van der Waals surface area contributed by atoms with Crippen LogP contribution in [0.3, 0.4) is 0 Å². The van der Waals surface area contributed by atoms with Crippen LogP contribution < -0.4 is 0 Å². The van der Waals surface area contributed by atoms with Gasteiger partial charge in [-0.3, -0.25) is 4.79 Å². The van der Waals surface area contributed by atoms with Gasteiger partial charge in [-0.05, 0) is 35.9 Å². The standard InChI is InChI=1S/C14H7BrCl2F2O/c15-8-5-11(18)14(12(19)6-8)13(20)4-7-3-9(16)1-2-10(7)17/h1-3,5-6H,4H2. The molecule has 0 aliphatic carbocycles. The number of rotatable bonds is 3. The molecule has 0 aliphatic rings. The Bertz CT molecular complexity index is 666. The van der Waals surface area contributed by atoms with Gasteiger partial charge in [-0.15, -0.1) is 0 Å². The van der Waals surface area contributed by atoms with Crippen molar-refractivity contribution in [2.24, 2.45) is 0 Å². The van der Waals surface area contributed by atoms with Crippen LogP contribution in [0.1, 0.15) is 15.9 Å². The number of ketones is 1. The summed E-state index contributed by atoms with van der Waals surface area (Å²) in [5.74, 6) is -2.53. The van der Waals surface area contributed by atoms with Gasteiger partial charge in [-0.25, -0.2) is 8.78 Å². The zero-order chi connectivity index (χ0) is 14.9. The van der Waals surface area contributed by atoms with Crippen LogP contribution in [0.2, 0.25) is 10.0 Å². The summed E-state index contributed by atoms with van der Waals surface area (Å²) in [4.78, 5) is 12.0. The molecule has 0 heterocycles. The highest BCUT2D eigenvalue weighted by Gasteiger charge is 2.19. The highest BCUT2D eigenvalue weighted by atomic mass is 79.9. The van der Waals surface area contributed by atoms with Crippen molar-refractivity contribution < 1.29 is 13.6 Å². The molecule has 1 nitrogen and oxygen atoms in total. The number of Topliss-reactive ketones (excluding diaryl/α,β-unsaturated/α-hetero) is 1. The topological polar surface area (TPSA) is 17.1 Å². The normalized spacial score (nSPS) is 10.7. The maximum Gasteiger partial charge on any atom is 0.173 e. The molecular formula is C14H7BrCl2F2O. The van der Waals surface area contributed by atoms with E-state index in [9.17, 15) is 13.6 Å². The highest BCUT2D eigenvalue weighted by molar-refractivity contribution is 9.10. The molecular weight excluding hydrogens is 373 g/mol. The Balaban J connectivity index is 2.36. The quantitative estimate of drug-likeness (QED) is 0.647. The molecule has 0 unspecified atom stereocenters. The number of carbonyl (C=O) groups excluding carboxylic acids is 1. The first kappa shape index (κ1) is 15.4. The first-order chi connectivity index (χ1) is 9.38. The Morgan fingerprint density at radius 1 is 1.10 bits per heavy atom. The average Bonchev–Trinajstić information content (AvgIpc) is 2.32. The first-order valence-corrected chi connectivity index (χ1v) is 7.05. The van der Waals surface area contributed by atoms with Gasteiger partial charge in [-0.1, -0.05) is 39.1 Å². The van der Waals surface area contributed by atoms with Gasteiger partial charge in [-0.2, -0.15) is 0 Å². The molecule has 0 saturated heterocycles. The van der Waals surface area contributed by atoms with E-state index in [0.717, 1.165) is 12.1 Å². The molecule has 0 fully saturated rings. The number of benzene rings is 2. The summed E-state index contributed by atoms with van der Waals surface area (Å²) in [6.07, 6.45) is -0.227. The lowest BCUT2D eigenvalue weighted by Gasteiger charge is -2.07. The fourth-order valence-corrected chi connectivity index (χ4v) is 2.53. The second kappa shape index (κ2) is 6.20. The van der Waals surface area contributed by atoms with Gasteiger partial charge in [0.25, 0.3) is 0 Å². The lowest BCUT2D eigenvalue weighted by Crippen LogP contribution is -2.09. The molecule has 0 bridgehead atoms. The molecule has 0 aliphatic heterocycles. The number of hydrogen-bond donors (Lipinski definition) is 0. The Morgan fingerprint density at radius 3 is 2.30 bits per heavy atom. The molecule has 2 aromatic rings. The molecule has 104 valence electrons. The Labute approximate surface area is 132 Å². The fourth-order valence-electron chi connectivity index (χ4n) is 1.75. The summed E-state index contributed by atoms with van der Waals surface area (Å²) < 4.78 is 27.6. The third kappa shape index (κ3) is 3.37. The molecule has 20 heavy (non-hydrogen) atoms. The molecule has 0 saturated carbocycles. The summed E-state index contributed by atoms with van der Waals surface area (Å²) in [5.41, 5.74) is -0.157. The largest absolute Gasteiger partial charge is 0.294 e. The van der Waals surface area contributed by atoms with Crippen LogP contribution in [0.4, 0.5) is 8.78 Å². The van der Waals surface area contributed by atoms with E-state index in [1.165, 1.54) is 12.1 Å². The van der Waals surface area contributed by atoms with Gasteiger partial charge in [0, 0.05) is 20.9 Å². The van der Waals surface area contributed by atoms with Crippen molar-refractivity contribution in [3.8, 4) is 0 Å². The van der Waals surface area contributed by atoms with Crippen LogP contribution in [0.5, 0.6) is 0 Å². The maximum absolute atomic E-state index is 13.7. The predicted molar refractivity (Wildman–Crippen MR) is 78.6 cm³/mol. The molecule has 0 atom stereocenters. The molecule has 0 N–H and O–H groups in total. The molecule has 6 heteroatoms. The minimum absolute atomic E-state index is 0.227. The highest BCUT2D eigenvalue weighted by Crippen LogP contribution is 2.25. The van der Waals surface area contributed by atoms with Crippen LogP contribution in [-0.2, 0) is 6.42 Å². The van der Waals surface area contributed by atoms with Crippen molar-refractivity contribution in [2.45, 2.75) is 6.42 Å². The van der Waals surface area contributed by atoms with Crippen molar-refractivity contribution in [2.75, 3.05) is 0 Å². The summed E-state index contributed by atoms with van der Waals surface area (Å²) in [5, 5.41) is 0.717. The molecule has 0 spiro atoms. The van der Waals surface area contributed by atoms with Gasteiger partial charge in [0.2, 0.25) is 0 Å². The SMILES string of the molecule is O=C(Cc1cc(Cl)ccc1Cl)c1c(F)cc(Br)cc1F. The van der Waals surface area contributed by atoms with Crippen molar-refractivity contribution in [3.63, 3.8) is 0 Å². The number of hydrogen-bond acceptors (Lipinski definition) is 1. The minimum Gasteiger partial charge on any atom is -0.294 e. The van der Waals surface area contributed by atoms with Crippen molar-refractivity contribution >= 4 is 44.9 Å². The van der Waals surface area contributed by atoms with Crippen LogP contribution in [0.15, 0.2) is 34.8 Å². The van der Waals surface area contributed by atoms with E-state index in [2.05, 4.69) is 15.9 Å². The number of carbonyl (C=O) groups is 1. The van der Waals surface area contributed by atoms with Gasteiger partial charge in [0.05, 0.1) is 5.56 Å². The molecule has 0 amide bonds. The summed E-state index contributed by atoms with van der Waals surface area (Å²) >= 11 is 14.7. The predicted octanol–water partition coefficient (Wildman–Crippen LogP) is 5.46. The second-order valence-corrected chi connectivity index (χ2v) is 5.84. The van der Waals surface area contributed by atoms with Crippen LogP contribution in [-0.4, -0.2) is 5.78 Å². The second-order valence-electron chi connectivity index (χ2n) is 4.08. The molecule has 0 aromatic heterocycles. The molecule has 2 rings (SSSR count). The first-order valence-electron chi connectivity index (χ1n) is 5.50. The summed E-state index contributed by atoms with van der Waals surface area (Å²) in [6, 6.07) is 6.67. The van der Waals surface area contributed by atoms with Crippen molar-refractivity contribution in [3.05, 3.63) is 67.6 Å². The smallest absolute Gasteiger partial charge is 0.173 e. The lowest BCUT2D eigenvalue weighted by atomic mass is 10.0. The van der Waals surface area contributed by atoms with Crippen LogP contribution in [0, 0.1) is 11.6 Å². The van der Waals surface area contributed by atoms with E-state index in [4.69, 9.17) is 23.2 Å². The van der Waals surface area contributed by atoms with Gasteiger partial charge < -0.3 is 0 Å². The zero-order valence-electron chi connectivity index (χ0n) is 9.89. The monoisotopic (exact) mass is 378 g/mol. The van der Waals surface area contributed by atoms with Gasteiger partial charge in [0.15, 0.2) is 5.78 Å². The minimum atomic E-state index is -0.917. The fraction of sp³-hybridized carbons (Fsp3) is 0.0714. The maximum atomic E-state index is 13.7.